The molecule has 1 aliphatic rings. The molecule has 0 heterocycles. The Bertz CT molecular complexity index is 324. The van der Waals surface area contributed by atoms with Gasteiger partial charge in [-0.05, 0) is 48.5 Å². The summed E-state index contributed by atoms with van der Waals surface area (Å²) in [5, 5.41) is 0. The average molecular weight is 216 g/mol. The van der Waals surface area contributed by atoms with Gasteiger partial charge >= 0.3 is 0 Å². The van der Waals surface area contributed by atoms with Gasteiger partial charge in [-0.25, -0.2) is 0 Å². The van der Waals surface area contributed by atoms with Crippen molar-refractivity contribution in [2.75, 3.05) is 0 Å². The summed E-state index contributed by atoms with van der Waals surface area (Å²) in [6.45, 7) is 7.29. The van der Waals surface area contributed by atoms with Crippen LogP contribution in [0.25, 0.3) is 0 Å². The summed E-state index contributed by atoms with van der Waals surface area (Å²) in [4.78, 5) is 0. The van der Waals surface area contributed by atoms with Gasteiger partial charge in [0.1, 0.15) is 0 Å². The molecule has 0 heteroatoms. The Labute approximate surface area is 100 Å². The molecule has 1 aromatic carbocycles. The minimum atomic E-state index is 0.539. The molecule has 0 atom stereocenters. The van der Waals surface area contributed by atoms with E-state index in [1.807, 2.05) is 0 Å². The topological polar surface area (TPSA) is 0 Å². The Hall–Kier alpha value is -0.780. The van der Waals surface area contributed by atoms with Crippen LogP contribution >= 0.6 is 0 Å². The lowest BCUT2D eigenvalue weighted by Gasteiger charge is -2.41. The van der Waals surface area contributed by atoms with Gasteiger partial charge in [0.2, 0.25) is 0 Å². The van der Waals surface area contributed by atoms with Crippen LogP contribution in [-0.2, 0) is 6.42 Å². The van der Waals surface area contributed by atoms with Crippen LogP contribution in [-0.4, -0.2) is 0 Å². The van der Waals surface area contributed by atoms with Gasteiger partial charge in [0.15, 0.2) is 0 Å². The maximum absolute atomic E-state index is 2.47. The first-order valence-electron chi connectivity index (χ1n) is 6.53. The van der Waals surface area contributed by atoms with Gasteiger partial charge in [-0.1, -0.05) is 51.1 Å². The van der Waals surface area contributed by atoms with Crippen LogP contribution < -0.4 is 0 Å². The summed E-state index contributed by atoms with van der Waals surface area (Å²) in [5.41, 5.74) is 2.62. The fourth-order valence-corrected chi connectivity index (χ4v) is 2.80. The molecule has 0 unspecified atom stereocenters. The van der Waals surface area contributed by atoms with Crippen molar-refractivity contribution >= 4 is 0 Å². The molecular formula is C16H24. The molecule has 0 amide bonds. The van der Waals surface area contributed by atoms with E-state index in [9.17, 15) is 0 Å². The summed E-state index contributed by atoms with van der Waals surface area (Å²) in [6, 6.07) is 11.0. The monoisotopic (exact) mass is 216 g/mol. The molecule has 1 fully saturated rings. The highest BCUT2D eigenvalue weighted by atomic mass is 14.4. The molecule has 0 spiro atoms. The largest absolute Gasteiger partial charge is 0.0622 e. The Morgan fingerprint density at radius 1 is 0.875 bits per heavy atom. The molecule has 1 aromatic rings. The summed E-state index contributed by atoms with van der Waals surface area (Å²) < 4.78 is 0. The average Bonchev–Trinajstić information content (AvgIpc) is 2.25. The third-order valence-electron chi connectivity index (χ3n) is 4.28. The lowest BCUT2D eigenvalue weighted by Crippen LogP contribution is -2.30. The van der Waals surface area contributed by atoms with E-state index < -0.39 is 0 Å². The van der Waals surface area contributed by atoms with Crippen molar-refractivity contribution in [3.05, 3.63) is 35.9 Å². The Kier molecular flexibility index (Phi) is 3.10. The predicted molar refractivity (Wildman–Crippen MR) is 70.5 cm³/mol. The highest BCUT2D eigenvalue weighted by Gasteiger charge is 2.34. The van der Waals surface area contributed by atoms with Crippen molar-refractivity contribution < 1.29 is 0 Å². The number of hydrogen-bond donors (Lipinski definition) is 0. The molecule has 2 rings (SSSR count). The van der Waals surface area contributed by atoms with Crippen LogP contribution in [0.2, 0.25) is 0 Å². The van der Waals surface area contributed by atoms with Crippen LogP contribution in [0.3, 0.4) is 0 Å². The fraction of sp³-hybridized carbons (Fsp3) is 0.625. The van der Waals surface area contributed by atoms with Crippen LogP contribution in [0.15, 0.2) is 30.3 Å². The lowest BCUT2D eigenvalue weighted by molar-refractivity contribution is 0.117. The SMILES string of the molecule is CC1(C)CCC(C)(Cc2ccccc2)CC1. The molecule has 0 nitrogen and oxygen atoms in total. The van der Waals surface area contributed by atoms with Crippen LogP contribution in [0.1, 0.15) is 52.0 Å². The molecule has 0 N–H and O–H groups in total. The maximum atomic E-state index is 2.47. The van der Waals surface area contributed by atoms with E-state index in [0.29, 0.717) is 10.8 Å². The highest BCUT2D eigenvalue weighted by molar-refractivity contribution is 5.16. The number of rotatable bonds is 2. The standard InChI is InChI=1S/C16H24/c1-15(2)9-11-16(3,12-10-15)13-14-7-5-4-6-8-14/h4-8H,9-13H2,1-3H3. The van der Waals surface area contributed by atoms with Gasteiger partial charge in [-0.3, -0.25) is 0 Å². The van der Waals surface area contributed by atoms with Gasteiger partial charge in [0.25, 0.3) is 0 Å². The molecule has 0 radical (unpaired) electrons. The summed E-state index contributed by atoms with van der Waals surface area (Å²) in [6.07, 6.45) is 6.79. The lowest BCUT2D eigenvalue weighted by atomic mass is 9.64. The zero-order chi connectivity index (χ0) is 11.6. The molecule has 88 valence electrons. The molecule has 0 saturated heterocycles. The molecule has 1 aliphatic carbocycles. The van der Waals surface area contributed by atoms with Gasteiger partial charge in [-0.2, -0.15) is 0 Å². The second-order valence-corrected chi connectivity index (χ2v) is 6.64. The third kappa shape index (κ3) is 2.87. The van der Waals surface area contributed by atoms with E-state index in [-0.39, 0.29) is 0 Å². The Balaban J connectivity index is 2.00. The number of hydrogen-bond acceptors (Lipinski definition) is 0. The first-order valence-corrected chi connectivity index (χ1v) is 6.53. The van der Waals surface area contributed by atoms with E-state index in [0.717, 1.165) is 0 Å². The van der Waals surface area contributed by atoms with Crippen molar-refractivity contribution in [3.63, 3.8) is 0 Å². The molecule has 0 bridgehead atoms. The minimum absolute atomic E-state index is 0.539. The first-order chi connectivity index (χ1) is 7.49. The van der Waals surface area contributed by atoms with Gasteiger partial charge < -0.3 is 0 Å². The highest BCUT2D eigenvalue weighted by Crippen LogP contribution is 2.46. The van der Waals surface area contributed by atoms with Crippen LogP contribution in [0, 0.1) is 10.8 Å². The summed E-state index contributed by atoms with van der Waals surface area (Å²) in [7, 11) is 0. The van der Waals surface area contributed by atoms with E-state index in [2.05, 4.69) is 51.1 Å². The van der Waals surface area contributed by atoms with Crippen molar-refractivity contribution in [1.82, 2.24) is 0 Å². The van der Waals surface area contributed by atoms with E-state index in [1.54, 1.807) is 0 Å². The van der Waals surface area contributed by atoms with Crippen molar-refractivity contribution in [2.45, 2.75) is 52.9 Å². The molecule has 0 aliphatic heterocycles. The van der Waals surface area contributed by atoms with Crippen LogP contribution in [0.4, 0.5) is 0 Å². The Morgan fingerprint density at radius 2 is 1.44 bits per heavy atom. The van der Waals surface area contributed by atoms with Gasteiger partial charge in [0, 0.05) is 0 Å². The Morgan fingerprint density at radius 3 is 2.00 bits per heavy atom. The molecular weight excluding hydrogens is 192 g/mol. The smallest absolute Gasteiger partial charge is 0.0225 e. The second-order valence-electron chi connectivity index (χ2n) is 6.64. The third-order valence-corrected chi connectivity index (χ3v) is 4.28. The van der Waals surface area contributed by atoms with E-state index in [4.69, 9.17) is 0 Å². The second kappa shape index (κ2) is 4.24. The first kappa shape index (κ1) is 11.7. The van der Waals surface area contributed by atoms with E-state index in [1.165, 1.54) is 37.7 Å². The summed E-state index contributed by atoms with van der Waals surface area (Å²) >= 11 is 0. The van der Waals surface area contributed by atoms with Crippen molar-refractivity contribution in [1.29, 1.82) is 0 Å². The van der Waals surface area contributed by atoms with Gasteiger partial charge in [-0.15, -0.1) is 0 Å². The zero-order valence-corrected chi connectivity index (χ0v) is 10.9. The minimum Gasteiger partial charge on any atom is -0.0622 e. The predicted octanol–water partition coefficient (Wildman–Crippen LogP) is 4.84. The number of benzene rings is 1. The maximum Gasteiger partial charge on any atom is -0.0225 e. The zero-order valence-electron chi connectivity index (χ0n) is 10.9. The van der Waals surface area contributed by atoms with Crippen molar-refractivity contribution in [2.24, 2.45) is 10.8 Å². The summed E-state index contributed by atoms with van der Waals surface area (Å²) in [5.74, 6) is 0. The molecule has 16 heavy (non-hydrogen) atoms. The van der Waals surface area contributed by atoms with Gasteiger partial charge in [0.05, 0.1) is 0 Å². The molecule has 0 aromatic heterocycles. The van der Waals surface area contributed by atoms with Crippen LogP contribution in [0.5, 0.6) is 0 Å². The normalized spacial score (nSPS) is 22.9. The van der Waals surface area contributed by atoms with Crippen molar-refractivity contribution in [3.8, 4) is 0 Å². The fourth-order valence-electron chi connectivity index (χ4n) is 2.80. The quantitative estimate of drug-likeness (QED) is 0.664. The molecule has 1 saturated carbocycles. The van der Waals surface area contributed by atoms with E-state index >= 15 is 0 Å².